The molecule has 1 aliphatic heterocycles. The van der Waals surface area contributed by atoms with Crippen molar-refractivity contribution < 1.29 is 23.8 Å². The highest BCUT2D eigenvalue weighted by atomic mass is 16.7. The lowest BCUT2D eigenvalue weighted by Crippen LogP contribution is -2.45. The first-order valence-electron chi connectivity index (χ1n) is 11.5. The molecule has 2 N–H and O–H groups in total. The number of aromatic nitrogens is 1. The number of aromatic amines is 1. The summed E-state index contributed by atoms with van der Waals surface area (Å²) in [5.74, 6) is -0.0335. The van der Waals surface area contributed by atoms with E-state index in [9.17, 15) is 9.59 Å². The van der Waals surface area contributed by atoms with Crippen LogP contribution in [0.2, 0.25) is 0 Å². The van der Waals surface area contributed by atoms with E-state index in [-0.39, 0.29) is 12.7 Å². The number of methoxy groups -OCH3 is 1. The number of hydrogen-bond donors (Lipinski definition) is 2. The molecule has 0 radical (unpaired) electrons. The molecule has 0 aliphatic carbocycles. The Bertz CT molecular complexity index is 1350. The van der Waals surface area contributed by atoms with Crippen LogP contribution in [0.15, 0.2) is 79.0 Å². The van der Waals surface area contributed by atoms with Crippen LogP contribution in [0.1, 0.15) is 22.6 Å². The Morgan fingerprint density at radius 3 is 2.57 bits per heavy atom. The van der Waals surface area contributed by atoms with E-state index in [1.54, 1.807) is 0 Å². The normalized spacial score (nSPS) is 13.9. The number of hydrogen-bond acceptors (Lipinski definition) is 5. The minimum atomic E-state index is -0.834. The molecule has 0 fully saturated rings. The minimum Gasteiger partial charge on any atom is -0.467 e. The Balaban J connectivity index is 1.43. The standard InChI is InChI=1S/C28H26N2O5/c1-33-28(32)24(14-20-16-29-23-10-6-5-9-21(20)23)30-27(31)22(13-18-7-3-2-4-8-18)19-11-12-25-26(15-19)35-17-34-25/h2-12,15-16,22,24,29H,13-14,17H2,1H3,(H,30,31)/t22?,24-/m0/s1. The third-order valence-corrected chi connectivity index (χ3v) is 6.30. The van der Waals surface area contributed by atoms with Gasteiger partial charge in [0.15, 0.2) is 11.5 Å². The van der Waals surface area contributed by atoms with E-state index in [1.807, 2.05) is 79.0 Å². The van der Waals surface area contributed by atoms with Gasteiger partial charge < -0.3 is 24.5 Å². The molecule has 1 amide bonds. The maximum Gasteiger partial charge on any atom is 0.328 e. The molecule has 7 nitrogen and oxygen atoms in total. The first kappa shape index (κ1) is 22.5. The zero-order valence-electron chi connectivity index (χ0n) is 19.3. The van der Waals surface area contributed by atoms with Crippen molar-refractivity contribution in [2.24, 2.45) is 0 Å². The number of carbonyl (C=O) groups excluding carboxylic acids is 2. The van der Waals surface area contributed by atoms with Crippen LogP contribution >= 0.6 is 0 Å². The quantitative estimate of drug-likeness (QED) is 0.378. The summed E-state index contributed by atoms with van der Waals surface area (Å²) >= 11 is 0. The molecule has 0 bridgehead atoms. The van der Waals surface area contributed by atoms with Crippen LogP contribution in [0.4, 0.5) is 0 Å². The van der Waals surface area contributed by atoms with Gasteiger partial charge in [-0.1, -0.05) is 54.6 Å². The predicted octanol–water partition coefficient (Wildman–Crippen LogP) is 4.12. The molecule has 0 saturated carbocycles. The average Bonchev–Trinajstić information content (AvgIpc) is 3.53. The smallest absolute Gasteiger partial charge is 0.328 e. The maximum absolute atomic E-state index is 13.7. The van der Waals surface area contributed by atoms with Crippen LogP contribution in [-0.4, -0.2) is 36.8 Å². The molecular formula is C28H26N2O5. The summed E-state index contributed by atoms with van der Waals surface area (Å²) in [6.45, 7) is 0.156. The van der Waals surface area contributed by atoms with Gasteiger partial charge >= 0.3 is 5.97 Å². The first-order chi connectivity index (χ1) is 17.1. The highest BCUT2D eigenvalue weighted by Crippen LogP contribution is 2.35. The van der Waals surface area contributed by atoms with E-state index < -0.39 is 17.9 Å². The number of fused-ring (bicyclic) bond motifs is 2. The van der Waals surface area contributed by atoms with Gasteiger partial charge in [0.25, 0.3) is 0 Å². The number of rotatable bonds is 8. The molecule has 5 rings (SSSR count). The van der Waals surface area contributed by atoms with Crippen LogP contribution in [0.3, 0.4) is 0 Å². The maximum atomic E-state index is 13.7. The van der Waals surface area contributed by atoms with Crippen LogP contribution < -0.4 is 14.8 Å². The van der Waals surface area contributed by atoms with Gasteiger partial charge in [-0.15, -0.1) is 0 Å². The molecule has 0 saturated heterocycles. The molecular weight excluding hydrogens is 444 g/mol. The zero-order valence-corrected chi connectivity index (χ0v) is 19.3. The number of H-pyrrole nitrogens is 1. The summed E-state index contributed by atoms with van der Waals surface area (Å²) in [5.41, 5.74) is 3.70. The number of esters is 1. The van der Waals surface area contributed by atoms with Gasteiger partial charge in [-0.05, 0) is 41.3 Å². The molecule has 0 spiro atoms. The zero-order chi connectivity index (χ0) is 24.2. The Hall–Kier alpha value is -4.26. The molecule has 3 aromatic carbocycles. The van der Waals surface area contributed by atoms with Crippen molar-refractivity contribution in [1.82, 2.24) is 10.3 Å². The summed E-state index contributed by atoms with van der Waals surface area (Å²) < 4.78 is 16.0. The Labute approximate surface area is 203 Å². The number of amides is 1. The second kappa shape index (κ2) is 9.93. The van der Waals surface area contributed by atoms with Crippen LogP contribution in [0.5, 0.6) is 11.5 Å². The van der Waals surface area contributed by atoms with Gasteiger partial charge in [-0.3, -0.25) is 4.79 Å². The predicted molar refractivity (Wildman–Crippen MR) is 131 cm³/mol. The average molecular weight is 471 g/mol. The van der Waals surface area contributed by atoms with Crippen molar-refractivity contribution in [1.29, 1.82) is 0 Å². The molecule has 1 aliphatic rings. The first-order valence-corrected chi connectivity index (χ1v) is 11.5. The fourth-order valence-corrected chi connectivity index (χ4v) is 4.47. The third-order valence-electron chi connectivity index (χ3n) is 6.30. The van der Waals surface area contributed by atoms with Gasteiger partial charge in [0.1, 0.15) is 6.04 Å². The second-order valence-corrected chi connectivity index (χ2v) is 8.50. The highest BCUT2D eigenvalue weighted by Gasteiger charge is 2.29. The summed E-state index contributed by atoms with van der Waals surface area (Å²) in [4.78, 5) is 29.6. The second-order valence-electron chi connectivity index (χ2n) is 8.50. The van der Waals surface area contributed by atoms with Crippen molar-refractivity contribution in [2.45, 2.75) is 24.8 Å². The summed E-state index contributed by atoms with van der Waals surface area (Å²) in [6.07, 6.45) is 2.64. The minimum absolute atomic E-state index is 0.156. The molecule has 2 heterocycles. The fourth-order valence-electron chi connectivity index (χ4n) is 4.47. The van der Waals surface area contributed by atoms with E-state index in [2.05, 4.69) is 10.3 Å². The van der Waals surface area contributed by atoms with Crippen molar-refractivity contribution in [3.63, 3.8) is 0 Å². The number of ether oxygens (including phenoxy) is 3. The van der Waals surface area contributed by atoms with Crippen molar-refractivity contribution in [3.8, 4) is 11.5 Å². The molecule has 4 aromatic rings. The highest BCUT2D eigenvalue weighted by molar-refractivity contribution is 5.90. The van der Waals surface area contributed by atoms with Crippen molar-refractivity contribution in [3.05, 3.63) is 95.7 Å². The number of benzene rings is 3. The third kappa shape index (κ3) is 4.84. The van der Waals surface area contributed by atoms with E-state index in [0.29, 0.717) is 24.3 Å². The lowest BCUT2D eigenvalue weighted by molar-refractivity contribution is -0.145. The molecule has 178 valence electrons. The van der Waals surface area contributed by atoms with Gasteiger partial charge in [-0.2, -0.15) is 0 Å². The summed E-state index contributed by atoms with van der Waals surface area (Å²) in [6, 6.07) is 22.3. The summed E-state index contributed by atoms with van der Waals surface area (Å²) in [7, 11) is 1.33. The lowest BCUT2D eigenvalue weighted by atomic mass is 9.90. The van der Waals surface area contributed by atoms with Crippen LogP contribution in [0, 0.1) is 0 Å². The largest absolute Gasteiger partial charge is 0.467 e. The van der Waals surface area contributed by atoms with Crippen LogP contribution in [0.25, 0.3) is 10.9 Å². The van der Waals surface area contributed by atoms with Crippen molar-refractivity contribution in [2.75, 3.05) is 13.9 Å². The van der Waals surface area contributed by atoms with Gasteiger partial charge in [0.05, 0.1) is 13.0 Å². The SMILES string of the molecule is COC(=O)[C@H](Cc1c[nH]c2ccccc12)NC(=O)C(Cc1ccccc1)c1ccc2c(c1)OCO2. The fraction of sp³-hybridized carbons (Fsp3) is 0.214. The number of carbonyl (C=O) groups is 2. The molecule has 1 aromatic heterocycles. The van der Waals surface area contributed by atoms with E-state index in [4.69, 9.17) is 14.2 Å². The lowest BCUT2D eigenvalue weighted by Gasteiger charge is -2.22. The van der Waals surface area contributed by atoms with Crippen LogP contribution in [-0.2, 0) is 27.2 Å². The van der Waals surface area contributed by atoms with Crippen molar-refractivity contribution >= 4 is 22.8 Å². The Morgan fingerprint density at radius 2 is 1.74 bits per heavy atom. The molecule has 2 atom stereocenters. The number of nitrogens with one attached hydrogen (secondary N) is 2. The number of para-hydroxylation sites is 1. The van der Waals surface area contributed by atoms with Gasteiger partial charge in [0, 0.05) is 23.5 Å². The van der Waals surface area contributed by atoms with Gasteiger partial charge in [-0.25, -0.2) is 4.79 Å². The van der Waals surface area contributed by atoms with E-state index in [0.717, 1.165) is 27.6 Å². The molecule has 35 heavy (non-hydrogen) atoms. The topological polar surface area (TPSA) is 89.7 Å². The molecule has 7 heteroatoms. The summed E-state index contributed by atoms with van der Waals surface area (Å²) in [5, 5.41) is 3.96. The molecule has 1 unspecified atom stereocenters. The van der Waals surface area contributed by atoms with Gasteiger partial charge in [0.2, 0.25) is 12.7 Å². The van der Waals surface area contributed by atoms with E-state index in [1.165, 1.54) is 7.11 Å². The Kier molecular flexibility index (Phi) is 6.39. The Morgan fingerprint density at radius 1 is 0.971 bits per heavy atom. The van der Waals surface area contributed by atoms with E-state index >= 15 is 0 Å². The monoisotopic (exact) mass is 470 g/mol.